The molecule has 0 aliphatic rings. The molecule has 3 rings (SSSR count). The summed E-state index contributed by atoms with van der Waals surface area (Å²) in [5, 5.41) is 7.52. The number of halogens is 1. The standard InChI is InChI=1S/C18H17FN4/c19-16-6-4-13(5-7-16)11-17-22-8-9-23(17)12-14-2-1-3-15(10-14)18(20)21/h1-10H,11-12H2,(H3,20,21). The van der Waals surface area contributed by atoms with Crippen LogP contribution in [0.5, 0.6) is 0 Å². The second kappa shape index (κ2) is 6.44. The quantitative estimate of drug-likeness (QED) is 0.562. The SMILES string of the molecule is N=C(N)c1cccc(Cn2ccnc2Cc2ccc(F)cc2)c1. The third-order valence-electron chi connectivity index (χ3n) is 3.67. The Labute approximate surface area is 133 Å². The fourth-order valence-electron chi connectivity index (χ4n) is 2.47. The summed E-state index contributed by atoms with van der Waals surface area (Å²) in [5.74, 6) is 0.729. The minimum Gasteiger partial charge on any atom is -0.384 e. The molecule has 1 aromatic heterocycles. The number of hydrogen-bond donors (Lipinski definition) is 2. The van der Waals surface area contributed by atoms with E-state index in [0.717, 1.165) is 17.0 Å². The third-order valence-corrected chi connectivity index (χ3v) is 3.67. The lowest BCUT2D eigenvalue weighted by atomic mass is 10.1. The Balaban J connectivity index is 1.79. The monoisotopic (exact) mass is 308 g/mol. The van der Waals surface area contributed by atoms with Gasteiger partial charge >= 0.3 is 0 Å². The van der Waals surface area contributed by atoms with Crippen molar-refractivity contribution in [3.05, 3.63) is 89.3 Å². The Bertz CT molecular complexity index is 821. The molecule has 5 heteroatoms. The molecule has 116 valence electrons. The zero-order chi connectivity index (χ0) is 16.2. The average Bonchev–Trinajstić information content (AvgIpc) is 2.97. The minimum absolute atomic E-state index is 0.0593. The summed E-state index contributed by atoms with van der Waals surface area (Å²) in [4.78, 5) is 4.39. The van der Waals surface area contributed by atoms with Crippen molar-refractivity contribution in [2.75, 3.05) is 0 Å². The zero-order valence-corrected chi connectivity index (χ0v) is 12.5. The number of nitrogens with zero attached hydrogens (tertiary/aromatic N) is 2. The molecule has 2 aromatic carbocycles. The number of amidine groups is 1. The molecule has 0 bridgehead atoms. The van der Waals surface area contributed by atoms with E-state index in [0.29, 0.717) is 18.5 Å². The molecular weight excluding hydrogens is 291 g/mol. The van der Waals surface area contributed by atoms with E-state index >= 15 is 0 Å². The summed E-state index contributed by atoms with van der Waals surface area (Å²) in [6.07, 6.45) is 4.31. The smallest absolute Gasteiger partial charge is 0.123 e. The van der Waals surface area contributed by atoms with E-state index in [1.165, 1.54) is 12.1 Å². The Morgan fingerprint density at radius 1 is 1.13 bits per heavy atom. The number of hydrogen-bond acceptors (Lipinski definition) is 2. The maximum absolute atomic E-state index is 13.0. The number of nitrogen functional groups attached to an aromatic ring is 1. The van der Waals surface area contributed by atoms with Gasteiger partial charge in [0.1, 0.15) is 17.5 Å². The highest BCUT2D eigenvalue weighted by atomic mass is 19.1. The van der Waals surface area contributed by atoms with Gasteiger partial charge in [0.25, 0.3) is 0 Å². The van der Waals surface area contributed by atoms with Gasteiger partial charge in [-0.05, 0) is 29.3 Å². The van der Waals surface area contributed by atoms with Gasteiger partial charge in [0.15, 0.2) is 0 Å². The fourth-order valence-corrected chi connectivity index (χ4v) is 2.47. The molecule has 0 aliphatic heterocycles. The zero-order valence-electron chi connectivity index (χ0n) is 12.5. The van der Waals surface area contributed by atoms with Gasteiger partial charge in [-0.1, -0.05) is 30.3 Å². The Morgan fingerprint density at radius 2 is 1.91 bits per heavy atom. The van der Waals surface area contributed by atoms with Crippen molar-refractivity contribution >= 4 is 5.84 Å². The largest absolute Gasteiger partial charge is 0.384 e. The number of rotatable bonds is 5. The average molecular weight is 308 g/mol. The Hall–Kier alpha value is -2.95. The van der Waals surface area contributed by atoms with Crippen LogP contribution < -0.4 is 5.73 Å². The van der Waals surface area contributed by atoms with Gasteiger partial charge in [0.2, 0.25) is 0 Å². The Kier molecular flexibility index (Phi) is 4.19. The van der Waals surface area contributed by atoms with Crippen LogP contribution in [0.1, 0.15) is 22.5 Å². The van der Waals surface area contributed by atoms with Crippen LogP contribution in [0.25, 0.3) is 0 Å². The second-order valence-corrected chi connectivity index (χ2v) is 5.39. The maximum Gasteiger partial charge on any atom is 0.123 e. The molecule has 0 saturated heterocycles. The van der Waals surface area contributed by atoms with Gasteiger partial charge in [-0.3, -0.25) is 5.41 Å². The number of benzene rings is 2. The highest BCUT2D eigenvalue weighted by molar-refractivity contribution is 5.95. The lowest BCUT2D eigenvalue weighted by Gasteiger charge is -2.09. The molecule has 0 saturated carbocycles. The van der Waals surface area contributed by atoms with Gasteiger partial charge in [-0.25, -0.2) is 9.37 Å². The highest BCUT2D eigenvalue weighted by Gasteiger charge is 2.06. The molecule has 23 heavy (non-hydrogen) atoms. The summed E-state index contributed by atoms with van der Waals surface area (Å²) in [7, 11) is 0. The van der Waals surface area contributed by atoms with Crippen molar-refractivity contribution in [1.29, 1.82) is 5.41 Å². The van der Waals surface area contributed by atoms with Crippen molar-refractivity contribution < 1.29 is 4.39 Å². The number of imidazole rings is 1. The summed E-state index contributed by atoms with van der Waals surface area (Å²) < 4.78 is 15.0. The molecule has 0 aliphatic carbocycles. The van der Waals surface area contributed by atoms with Crippen molar-refractivity contribution in [2.45, 2.75) is 13.0 Å². The fraction of sp³-hybridized carbons (Fsp3) is 0.111. The second-order valence-electron chi connectivity index (χ2n) is 5.39. The van der Waals surface area contributed by atoms with E-state index in [1.807, 2.05) is 35.0 Å². The van der Waals surface area contributed by atoms with Gasteiger partial charge in [0.05, 0.1) is 0 Å². The molecule has 3 N–H and O–H groups in total. The van der Waals surface area contributed by atoms with E-state index in [9.17, 15) is 4.39 Å². The molecule has 0 atom stereocenters. The predicted octanol–water partition coefficient (Wildman–Crippen LogP) is 2.95. The van der Waals surface area contributed by atoms with Crippen LogP contribution in [0.15, 0.2) is 60.9 Å². The molecule has 0 spiro atoms. The predicted molar refractivity (Wildman–Crippen MR) is 88.0 cm³/mol. The number of nitrogens with two attached hydrogens (primary N) is 1. The van der Waals surface area contributed by atoms with Crippen LogP contribution in [-0.2, 0) is 13.0 Å². The first-order valence-corrected chi connectivity index (χ1v) is 7.29. The third kappa shape index (κ3) is 3.63. The first-order chi connectivity index (χ1) is 11.1. The van der Waals surface area contributed by atoms with Crippen LogP contribution in [0.4, 0.5) is 4.39 Å². The topological polar surface area (TPSA) is 67.7 Å². The van der Waals surface area contributed by atoms with E-state index in [1.54, 1.807) is 18.3 Å². The van der Waals surface area contributed by atoms with Crippen molar-refractivity contribution in [1.82, 2.24) is 9.55 Å². The summed E-state index contributed by atoms with van der Waals surface area (Å²) in [5.41, 5.74) is 8.31. The number of aromatic nitrogens is 2. The lowest BCUT2D eigenvalue weighted by Crippen LogP contribution is -2.12. The molecule has 1 heterocycles. The van der Waals surface area contributed by atoms with E-state index in [-0.39, 0.29) is 11.7 Å². The van der Waals surface area contributed by atoms with Crippen molar-refractivity contribution in [2.24, 2.45) is 5.73 Å². The molecule has 4 nitrogen and oxygen atoms in total. The first kappa shape index (κ1) is 15.0. The van der Waals surface area contributed by atoms with Crippen LogP contribution in [0.3, 0.4) is 0 Å². The first-order valence-electron chi connectivity index (χ1n) is 7.29. The summed E-state index contributed by atoms with van der Waals surface area (Å²) in [6, 6.07) is 14.1. The summed E-state index contributed by atoms with van der Waals surface area (Å²) >= 11 is 0. The van der Waals surface area contributed by atoms with Crippen LogP contribution >= 0.6 is 0 Å². The molecule has 0 amide bonds. The molecule has 0 fully saturated rings. The van der Waals surface area contributed by atoms with E-state index < -0.39 is 0 Å². The van der Waals surface area contributed by atoms with E-state index in [4.69, 9.17) is 11.1 Å². The van der Waals surface area contributed by atoms with Gasteiger partial charge < -0.3 is 10.3 Å². The van der Waals surface area contributed by atoms with Crippen LogP contribution in [0, 0.1) is 11.2 Å². The number of nitrogens with one attached hydrogen (secondary N) is 1. The van der Waals surface area contributed by atoms with Crippen LogP contribution in [-0.4, -0.2) is 15.4 Å². The lowest BCUT2D eigenvalue weighted by molar-refractivity contribution is 0.627. The van der Waals surface area contributed by atoms with E-state index in [2.05, 4.69) is 4.98 Å². The molecular formula is C18H17FN4. The normalized spacial score (nSPS) is 10.7. The van der Waals surface area contributed by atoms with Crippen molar-refractivity contribution in [3.63, 3.8) is 0 Å². The van der Waals surface area contributed by atoms with Crippen LogP contribution in [0.2, 0.25) is 0 Å². The van der Waals surface area contributed by atoms with Gasteiger partial charge in [-0.15, -0.1) is 0 Å². The molecule has 3 aromatic rings. The van der Waals surface area contributed by atoms with Gasteiger partial charge in [0, 0.05) is 30.9 Å². The highest BCUT2D eigenvalue weighted by Crippen LogP contribution is 2.12. The Morgan fingerprint density at radius 3 is 2.65 bits per heavy atom. The minimum atomic E-state index is -0.238. The summed E-state index contributed by atoms with van der Waals surface area (Å²) in [6.45, 7) is 0.650. The molecule has 0 unspecified atom stereocenters. The van der Waals surface area contributed by atoms with Crippen molar-refractivity contribution in [3.8, 4) is 0 Å². The molecule has 0 radical (unpaired) electrons. The van der Waals surface area contributed by atoms with Gasteiger partial charge in [-0.2, -0.15) is 0 Å². The maximum atomic E-state index is 13.0.